The van der Waals surface area contributed by atoms with Crippen molar-refractivity contribution in [3.05, 3.63) is 18.1 Å². The number of halogens is 3. The van der Waals surface area contributed by atoms with Gasteiger partial charge in [0.05, 0.1) is 24.5 Å². The van der Waals surface area contributed by atoms with E-state index in [9.17, 15) is 13.2 Å². The molecule has 0 aliphatic carbocycles. The van der Waals surface area contributed by atoms with Crippen LogP contribution in [0.2, 0.25) is 0 Å². The van der Waals surface area contributed by atoms with Crippen molar-refractivity contribution in [3.8, 4) is 6.07 Å². The molecule has 8 heteroatoms. The largest absolute Gasteiger partial charge is 0.418 e. The number of hydrogen-bond acceptors (Lipinski definition) is 5. The van der Waals surface area contributed by atoms with Gasteiger partial charge in [0, 0.05) is 6.54 Å². The molecule has 1 aliphatic heterocycles. The van der Waals surface area contributed by atoms with Gasteiger partial charge in [-0.2, -0.15) is 18.4 Å². The minimum Gasteiger partial charge on any atom is -0.356 e. The summed E-state index contributed by atoms with van der Waals surface area (Å²) in [6, 6.07) is 1.82. The Labute approximate surface area is 120 Å². The first kappa shape index (κ1) is 15.5. The highest BCUT2D eigenvalue weighted by Crippen LogP contribution is 2.41. The first-order chi connectivity index (χ1) is 9.56. The average molecular weight is 300 g/mol. The summed E-state index contributed by atoms with van der Waals surface area (Å²) in [6.07, 6.45) is -1.90. The van der Waals surface area contributed by atoms with Gasteiger partial charge in [-0.05, 0) is 20.8 Å². The Morgan fingerprint density at radius 2 is 1.95 bits per heavy atom. The van der Waals surface area contributed by atoms with Crippen LogP contribution in [-0.4, -0.2) is 40.4 Å². The van der Waals surface area contributed by atoms with E-state index in [0.29, 0.717) is 0 Å². The van der Waals surface area contributed by atoms with Gasteiger partial charge < -0.3 is 9.64 Å². The summed E-state index contributed by atoms with van der Waals surface area (Å²) >= 11 is 0. The van der Waals surface area contributed by atoms with E-state index in [-0.39, 0.29) is 18.1 Å². The number of rotatable bonds is 1. The fourth-order valence-corrected chi connectivity index (χ4v) is 2.43. The molecule has 2 heterocycles. The van der Waals surface area contributed by atoms with Crippen LogP contribution in [0, 0.1) is 11.3 Å². The Kier molecular flexibility index (Phi) is 3.58. The van der Waals surface area contributed by atoms with Gasteiger partial charge >= 0.3 is 6.18 Å². The molecule has 1 unspecified atom stereocenters. The standard InChI is InChI=1S/C13H15F3N4O/c1-11(2)7-20(8-12(3,21-11)13(14,15)16)10-6-18-5-9(4-17)19-10/h5-6H,7-8H2,1-3H3. The Hall–Kier alpha value is -1.88. The predicted octanol–water partition coefficient (Wildman–Crippen LogP) is 2.28. The van der Waals surface area contributed by atoms with E-state index in [0.717, 1.165) is 6.92 Å². The van der Waals surface area contributed by atoms with Crippen LogP contribution >= 0.6 is 0 Å². The van der Waals surface area contributed by atoms with E-state index in [1.54, 1.807) is 13.8 Å². The van der Waals surface area contributed by atoms with E-state index < -0.39 is 23.9 Å². The molecule has 1 aliphatic rings. The number of nitrogens with zero attached hydrogens (tertiary/aromatic N) is 4. The molecule has 0 radical (unpaired) electrons. The monoisotopic (exact) mass is 300 g/mol. The van der Waals surface area contributed by atoms with E-state index in [1.807, 2.05) is 6.07 Å². The molecule has 0 aromatic carbocycles. The summed E-state index contributed by atoms with van der Waals surface area (Å²) in [7, 11) is 0. The third kappa shape index (κ3) is 3.08. The highest BCUT2D eigenvalue weighted by molar-refractivity contribution is 5.40. The maximum absolute atomic E-state index is 13.3. The van der Waals surface area contributed by atoms with Gasteiger partial charge in [0.15, 0.2) is 11.3 Å². The summed E-state index contributed by atoms with van der Waals surface area (Å²) in [6.45, 7) is 4.02. The normalized spacial score (nSPS) is 25.5. The van der Waals surface area contributed by atoms with Crippen molar-refractivity contribution in [2.45, 2.75) is 38.1 Å². The molecule has 0 spiro atoms. The molecule has 1 fully saturated rings. The van der Waals surface area contributed by atoms with Crippen molar-refractivity contribution < 1.29 is 17.9 Å². The first-order valence-electron chi connectivity index (χ1n) is 6.30. The average Bonchev–Trinajstić information content (AvgIpc) is 2.35. The summed E-state index contributed by atoms with van der Waals surface area (Å²) in [4.78, 5) is 9.30. The van der Waals surface area contributed by atoms with Gasteiger partial charge in [-0.15, -0.1) is 0 Å². The number of anilines is 1. The van der Waals surface area contributed by atoms with Crippen molar-refractivity contribution in [1.29, 1.82) is 5.26 Å². The second-order valence-corrected chi connectivity index (χ2v) is 5.82. The number of morpholine rings is 1. The maximum atomic E-state index is 13.3. The molecule has 0 saturated carbocycles. The Balaban J connectivity index is 2.38. The van der Waals surface area contributed by atoms with Crippen molar-refractivity contribution >= 4 is 5.82 Å². The number of ether oxygens (including phenoxy) is 1. The van der Waals surface area contributed by atoms with Gasteiger partial charge in [-0.1, -0.05) is 0 Å². The lowest BCUT2D eigenvalue weighted by Gasteiger charge is -2.49. The van der Waals surface area contributed by atoms with E-state index in [2.05, 4.69) is 9.97 Å². The molecule has 1 aromatic heterocycles. The fraction of sp³-hybridized carbons (Fsp3) is 0.615. The van der Waals surface area contributed by atoms with Crippen LogP contribution in [0.4, 0.5) is 19.0 Å². The van der Waals surface area contributed by atoms with Crippen LogP contribution in [0.3, 0.4) is 0 Å². The zero-order valence-electron chi connectivity index (χ0n) is 11.9. The first-order valence-corrected chi connectivity index (χ1v) is 6.30. The van der Waals surface area contributed by atoms with Crippen LogP contribution < -0.4 is 4.90 Å². The minimum absolute atomic E-state index is 0.0607. The Morgan fingerprint density at radius 3 is 2.52 bits per heavy atom. The molecule has 1 saturated heterocycles. The van der Waals surface area contributed by atoms with Gasteiger partial charge in [-0.25, -0.2) is 4.98 Å². The molecule has 114 valence electrons. The molecule has 0 amide bonds. The molecular weight excluding hydrogens is 285 g/mol. The molecular formula is C13H15F3N4O. The second-order valence-electron chi connectivity index (χ2n) is 5.82. The highest BCUT2D eigenvalue weighted by Gasteiger charge is 2.58. The molecule has 0 bridgehead atoms. The van der Waals surface area contributed by atoms with Gasteiger partial charge in [0.25, 0.3) is 0 Å². The molecule has 0 N–H and O–H groups in total. The zero-order chi connectivity index (χ0) is 15.9. The Morgan fingerprint density at radius 1 is 1.29 bits per heavy atom. The smallest absolute Gasteiger partial charge is 0.356 e. The SMILES string of the molecule is CC1(C)CN(c2cncc(C#N)n2)CC(C)(C(F)(F)F)O1. The molecule has 5 nitrogen and oxygen atoms in total. The van der Waals surface area contributed by atoms with Gasteiger partial charge in [0.2, 0.25) is 0 Å². The maximum Gasteiger partial charge on any atom is 0.418 e. The van der Waals surface area contributed by atoms with Crippen LogP contribution in [0.5, 0.6) is 0 Å². The second kappa shape index (κ2) is 4.84. The number of aromatic nitrogens is 2. The van der Waals surface area contributed by atoms with Crippen molar-refractivity contribution in [2.24, 2.45) is 0 Å². The summed E-state index contributed by atoms with van der Waals surface area (Å²) in [5.74, 6) is 0.237. The zero-order valence-corrected chi connectivity index (χ0v) is 11.9. The van der Waals surface area contributed by atoms with Gasteiger partial charge in [-0.3, -0.25) is 4.98 Å². The van der Waals surface area contributed by atoms with Crippen molar-refractivity contribution in [3.63, 3.8) is 0 Å². The molecule has 1 aromatic rings. The van der Waals surface area contributed by atoms with Crippen LogP contribution in [0.15, 0.2) is 12.4 Å². The van der Waals surface area contributed by atoms with E-state index in [1.165, 1.54) is 17.3 Å². The summed E-state index contributed by atoms with van der Waals surface area (Å²) in [5.41, 5.74) is -3.25. The lowest BCUT2D eigenvalue weighted by atomic mass is 9.97. The lowest BCUT2D eigenvalue weighted by molar-refractivity contribution is -0.302. The van der Waals surface area contributed by atoms with Crippen LogP contribution in [0.25, 0.3) is 0 Å². The van der Waals surface area contributed by atoms with Gasteiger partial charge in [0.1, 0.15) is 11.9 Å². The van der Waals surface area contributed by atoms with Crippen LogP contribution in [0.1, 0.15) is 26.5 Å². The molecule has 1 atom stereocenters. The van der Waals surface area contributed by atoms with Crippen molar-refractivity contribution in [2.75, 3.05) is 18.0 Å². The number of hydrogen-bond donors (Lipinski definition) is 0. The lowest BCUT2D eigenvalue weighted by Crippen LogP contribution is -2.64. The van der Waals surface area contributed by atoms with E-state index >= 15 is 0 Å². The Bertz CT molecular complexity index is 582. The quantitative estimate of drug-likeness (QED) is 0.796. The predicted molar refractivity (Wildman–Crippen MR) is 68.6 cm³/mol. The third-order valence-electron chi connectivity index (χ3n) is 3.23. The minimum atomic E-state index is -4.51. The highest BCUT2D eigenvalue weighted by atomic mass is 19.4. The van der Waals surface area contributed by atoms with Crippen LogP contribution in [-0.2, 0) is 4.74 Å². The fourth-order valence-electron chi connectivity index (χ4n) is 2.43. The van der Waals surface area contributed by atoms with E-state index in [4.69, 9.17) is 10.00 Å². The molecule has 21 heavy (non-hydrogen) atoms. The number of nitriles is 1. The molecule has 2 rings (SSSR count). The third-order valence-corrected chi connectivity index (χ3v) is 3.23. The summed E-state index contributed by atoms with van der Waals surface area (Å²) < 4.78 is 45.0. The summed E-state index contributed by atoms with van der Waals surface area (Å²) in [5, 5.41) is 8.82. The number of alkyl halides is 3. The topological polar surface area (TPSA) is 62.0 Å². The van der Waals surface area contributed by atoms with Crippen molar-refractivity contribution in [1.82, 2.24) is 9.97 Å².